The molecular weight excluding hydrogens is 232 g/mol. The first-order chi connectivity index (χ1) is 8.64. The number of aliphatic carboxylic acids is 1. The van der Waals surface area contributed by atoms with Crippen LogP contribution in [-0.4, -0.2) is 38.0 Å². The van der Waals surface area contributed by atoms with Crippen LogP contribution in [0.15, 0.2) is 0 Å². The number of carboxylic acid groups (broad SMARTS) is 1. The van der Waals surface area contributed by atoms with E-state index in [2.05, 4.69) is 6.92 Å². The van der Waals surface area contributed by atoms with Crippen LogP contribution in [0.25, 0.3) is 0 Å². The number of rotatable bonds is 8. The highest BCUT2D eigenvalue weighted by Crippen LogP contribution is 2.43. The molecule has 0 bridgehead atoms. The first-order valence-corrected chi connectivity index (χ1v) is 6.94. The topological polar surface area (TPSA) is 55.8 Å². The van der Waals surface area contributed by atoms with Gasteiger partial charge in [0.1, 0.15) is 0 Å². The van der Waals surface area contributed by atoms with E-state index in [0.717, 1.165) is 25.7 Å². The molecule has 2 atom stereocenters. The predicted octanol–water partition coefficient (Wildman–Crippen LogP) is 2.71. The SMILES string of the molecule is CCC1CCCC(CCOCCOC)(C(=O)O)C1. The van der Waals surface area contributed by atoms with Gasteiger partial charge in [-0.3, -0.25) is 4.79 Å². The Bertz CT molecular complexity index is 254. The molecule has 106 valence electrons. The van der Waals surface area contributed by atoms with E-state index in [1.165, 1.54) is 6.42 Å². The Labute approximate surface area is 110 Å². The van der Waals surface area contributed by atoms with Gasteiger partial charge < -0.3 is 14.6 Å². The van der Waals surface area contributed by atoms with Crippen molar-refractivity contribution in [2.75, 3.05) is 26.9 Å². The molecule has 0 heterocycles. The molecule has 0 spiro atoms. The fourth-order valence-corrected chi connectivity index (χ4v) is 2.87. The van der Waals surface area contributed by atoms with Crippen LogP contribution >= 0.6 is 0 Å². The largest absolute Gasteiger partial charge is 0.481 e. The molecule has 18 heavy (non-hydrogen) atoms. The Kier molecular flexibility index (Phi) is 6.65. The Morgan fingerprint density at radius 2 is 2.17 bits per heavy atom. The maximum absolute atomic E-state index is 11.6. The lowest BCUT2D eigenvalue weighted by Gasteiger charge is -2.37. The van der Waals surface area contributed by atoms with Crippen molar-refractivity contribution in [3.05, 3.63) is 0 Å². The average Bonchev–Trinajstić information content (AvgIpc) is 2.38. The van der Waals surface area contributed by atoms with E-state index in [1.54, 1.807) is 7.11 Å². The predicted molar refractivity (Wildman–Crippen MR) is 69.6 cm³/mol. The van der Waals surface area contributed by atoms with Gasteiger partial charge in [0.15, 0.2) is 0 Å². The molecule has 0 saturated heterocycles. The highest BCUT2D eigenvalue weighted by atomic mass is 16.5. The van der Waals surface area contributed by atoms with Gasteiger partial charge in [0, 0.05) is 13.7 Å². The van der Waals surface area contributed by atoms with Gasteiger partial charge >= 0.3 is 5.97 Å². The first kappa shape index (κ1) is 15.4. The van der Waals surface area contributed by atoms with Crippen LogP contribution in [0.2, 0.25) is 0 Å². The molecule has 1 saturated carbocycles. The van der Waals surface area contributed by atoms with Crippen molar-refractivity contribution in [1.82, 2.24) is 0 Å². The Morgan fingerprint density at radius 3 is 2.78 bits per heavy atom. The lowest BCUT2D eigenvalue weighted by Crippen LogP contribution is -2.37. The van der Waals surface area contributed by atoms with Crippen LogP contribution in [0.4, 0.5) is 0 Å². The number of methoxy groups -OCH3 is 1. The third-order valence-corrected chi connectivity index (χ3v) is 4.13. The number of carboxylic acids is 1. The molecular formula is C14H26O4. The van der Waals surface area contributed by atoms with Gasteiger partial charge in [-0.2, -0.15) is 0 Å². The van der Waals surface area contributed by atoms with Crippen LogP contribution in [-0.2, 0) is 14.3 Å². The van der Waals surface area contributed by atoms with E-state index in [4.69, 9.17) is 9.47 Å². The van der Waals surface area contributed by atoms with Crippen molar-refractivity contribution in [2.45, 2.75) is 45.4 Å². The molecule has 4 heteroatoms. The molecule has 1 fully saturated rings. The molecule has 0 aromatic heterocycles. The van der Waals surface area contributed by atoms with Crippen LogP contribution in [0, 0.1) is 11.3 Å². The van der Waals surface area contributed by atoms with Crippen molar-refractivity contribution < 1.29 is 19.4 Å². The molecule has 2 unspecified atom stereocenters. The van der Waals surface area contributed by atoms with Gasteiger partial charge in [0.05, 0.1) is 18.6 Å². The van der Waals surface area contributed by atoms with Gasteiger partial charge in [-0.1, -0.05) is 26.2 Å². The molecule has 4 nitrogen and oxygen atoms in total. The molecule has 1 N–H and O–H groups in total. The minimum Gasteiger partial charge on any atom is -0.481 e. The van der Waals surface area contributed by atoms with Crippen molar-refractivity contribution in [2.24, 2.45) is 11.3 Å². The second kappa shape index (κ2) is 7.74. The van der Waals surface area contributed by atoms with Gasteiger partial charge in [-0.25, -0.2) is 0 Å². The van der Waals surface area contributed by atoms with Crippen molar-refractivity contribution >= 4 is 5.97 Å². The Hall–Kier alpha value is -0.610. The second-order valence-corrected chi connectivity index (χ2v) is 5.31. The number of hydrogen-bond donors (Lipinski definition) is 1. The quantitative estimate of drug-likeness (QED) is 0.680. The second-order valence-electron chi connectivity index (χ2n) is 5.31. The summed E-state index contributed by atoms with van der Waals surface area (Å²) in [7, 11) is 1.63. The third-order valence-electron chi connectivity index (χ3n) is 4.13. The zero-order chi connectivity index (χ0) is 13.4. The highest BCUT2D eigenvalue weighted by molar-refractivity contribution is 5.74. The summed E-state index contributed by atoms with van der Waals surface area (Å²) < 4.78 is 10.3. The van der Waals surface area contributed by atoms with E-state index in [-0.39, 0.29) is 0 Å². The van der Waals surface area contributed by atoms with Crippen molar-refractivity contribution in [3.63, 3.8) is 0 Å². The molecule has 1 aliphatic rings. The smallest absolute Gasteiger partial charge is 0.309 e. The summed E-state index contributed by atoms with van der Waals surface area (Å²) in [4.78, 5) is 11.6. The minimum atomic E-state index is -0.643. The van der Waals surface area contributed by atoms with Crippen LogP contribution < -0.4 is 0 Å². The van der Waals surface area contributed by atoms with E-state index >= 15 is 0 Å². The number of hydrogen-bond acceptors (Lipinski definition) is 3. The van der Waals surface area contributed by atoms with Crippen LogP contribution in [0.1, 0.15) is 45.4 Å². The zero-order valence-electron chi connectivity index (χ0n) is 11.6. The first-order valence-electron chi connectivity index (χ1n) is 6.94. The minimum absolute atomic E-state index is 0.520. The number of carbonyl (C=O) groups is 1. The monoisotopic (exact) mass is 258 g/mol. The third kappa shape index (κ3) is 4.25. The van der Waals surface area contributed by atoms with E-state index in [1.807, 2.05) is 0 Å². The summed E-state index contributed by atoms with van der Waals surface area (Å²) in [6.45, 7) is 3.78. The van der Waals surface area contributed by atoms with Crippen LogP contribution in [0.3, 0.4) is 0 Å². The summed E-state index contributed by atoms with van der Waals surface area (Å²) in [6.07, 6.45) is 5.53. The highest BCUT2D eigenvalue weighted by Gasteiger charge is 2.41. The summed E-state index contributed by atoms with van der Waals surface area (Å²) in [6, 6.07) is 0. The van der Waals surface area contributed by atoms with E-state index in [0.29, 0.717) is 32.2 Å². The molecule has 1 aliphatic carbocycles. The van der Waals surface area contributed by atoms with Crippen molar-refractivity contribution in [3.8, 4) is 0 Å². The van der Waals surface area contributed by atoms with Gasteiger partial charge in [-0.05, 0) is 25.2 Å². The fraction of sp³-hybridized carbons (Fsp3) is 0.929. The van der Waals surface area contributed by atoms with Gasteiger partial charge in [0.25, 0.3) is 0 Å². The standard InChI is InChI=1S/C14H26O4/c1-3-12-5-4-6-14(11-12,13(15)16)7-8-18-10-9-17-2/h12H,3-11H2,1-2H3,(H,15,16). The summed E-state index contributed by atoms with van der Waals surface area (Å²) in [5, 5.41) is 9.52. The molecule has 1 rings (SSSR count). The maximum atomic E-state index is 11.6. The molecule has 0 amide bonds. The fourth-order valence-electron chi connectivity index (χ4n) is 2.87. The summed E-state index contributed by atoms with van der Waals surface area (Å²) in [5.74, 6) is -0.0789. The zero-order valence-corrected chi connectivity index (χ0v) is 11.6. The molecule has 0 aliphatic heterocycles. The molecule has 0 radical (unpaired) electrons. The maximum Gasteiger partial charge on any atom is 0.309 e. The average molecular weight is 258 g/mol. The van der Waals surface area contributed by atoms with Gasteiger partial charge in [0.2, 0.25) is 0 Å². The Balaban J connectivity index is 2.45. The number of ether oxygens (including phenoxy) is 2. The summed E-state index contributed by atoms with van der Waals surface area (Å²) in [5.41, 5.74) is -0.550. The molecule has 0 aromatic rings. The summed E-state index contributed by atoms with van der Waals surface area (Å²) >= 11 is 0. The van der Waals surface area contributed by atoms with E-state index < -0.39 is 11.4 Å². The Morgan fingerprint density at radius 1 is 1.39 bits per heavy atom. The van der Waals surface area contributed by atoms with Gasteiger partial charge in [-0.15, -0.1) is 0 Å². The van der Waals surface area contributed by atoms with Crippen LogP contribution in [0.5, 0.6) is 0 Å². The lowest BCUT2D eigenvalue weighted by atomic mass is 9.67. The normalized spacial score (nSPS) is 28.2. The lowest BCUT2D eigenvalue weighted by molar-refractivity contribution is -0.154. The van der Waals surface area contributed by atoms with Crippen molar-refractivity contribution in [1.29, 1.82) is 0 Å². The van der Waals surface area contributed by atoms with E-state index in [9.17, 15) is 9.90 Å². The molecule has 0 aromatic carbocycles.